The molecule has 304 valence electrons. The highest BCUT2D eigenvalue weighted by Crippen LogP contribution is 2.42. The van der Waals surface area contributed by atoms with Gasteiger partial charge in [0, 0.05) is 65.3 Å². The van der Waals surface area contributed by atoms with Crippen LogP contribution in [-0.2, 0) is 35.2 Å². The number of nitrogens with one attached hydrogen (secondary N) is 1. The van der Waals surface area contributed by atoms with Gasteiger partial charge in [-0.15, -0.1) is 0 Å². The van der Waals surface area contributed by atoms with Gasteiger partial charge in [0.1, 0.15) is 0 Å². The van der Waals surface area contributed by atoms with Crippen molar-refractivity contribution in [2.24, 2.45) is 0 Å². The van der Waals surface area contributed by atoms with E-state index in [4.69, 9.17) is 49.3 Å². The second-order valence-corrected chi connectivity index (χ2v) is 17.5. The third kappa shape index (κ3) is 8.94. The lowest BCUT2D eigenvalue weighted by Gasteiger charge is -2.29. The van der Waals surface area contributed by atoms with Gasteiger partial charge < -0.3 is 24.3 Å². The zero-order valence-electron chi connectivity index (χ0n) is 32.3. The summed E-state index contributed by atoms with van der Waals surface area (Å²) in [4.78, 5) is 48.7. The maximum Gasteiger partial charge on any atom is 0.409 e. The highest BCUT2D eigenvalue weighted by Gasteiger charge is 2.30. The largest absolute Gasteiger partial charge is 0.450 e. The highest BCUT2D eigenvalue weighted by atomic mass is 79.9. The first-order chi connectivity index (χ1) is 28.0. The first-order valence-corrected chi connectivity index (χ1v) is 22.3. The maximum atomic E-state index is 12.8. The summed E-state index contributed by atoms with van der Waals surface area (Å²) in [6, 6.07) is 12.0. The molecule has 8 rings (SSSR count). The van der Waals surface area contributed by atoms with Crippen molar-refractivity contribution in [1.29, 1.82) is 0 Å². The summed E-state index contributed by atoms with van der Waals surface area (Å²) in [5.41, 5.74) is 13.1. The van der Waals surface area contributed by atoms with Crippen molar-refractivity contribution in [3.8, 4) is 0 Å². The van der Waals surface area contributed by atoms with Crippen LogP contribution in [0.25, 0.3) is 11.1 Å². The summed E-state index contributed by atoms with van der Waals surface area (Å²) >= 11 is 26.1. The van der Waals surface area contributed by atoms with Gasteiger partial charge in [0.25, 0.3) is 0 Å². The molecular weight excluding hydrogens is 931 g/mol. The molecule has 0 unspecified atom stereocenters. The molecule has 2 aliphatic heterocycles. The molecule has 14 heteroatoms. The second-order valence-electron chi connectivity index (χ2n) is 14.5. The Morgan fingerprint density at radius 2 is 1.21 bits per heavy atom. The fourth-order valence-electron chi connectivity index (χ4n) is 8.34. The van der Waals surface area contributed by atoms with Crippen LogP contribution in [-0.4, -0.2) is 71.3 Å². The zero-order chi connectivity index (χ0) is 41.1. The van der Waals surface area contributed by atoms with E-state index in [-0.39, 0.29) is 17.6 Å². The minimum absolute atomic E-state index is 0.0275. The van der Waals surface area contributed by atoms with Gasteiger partial charge in [0.15, 0.2) is 5.43 Å². The number of carbonyl (C=O) groups excluding carboxylic acids is 2. The summed E-state index contributed by atoms with van der Waals surface area (Å²) < 4.78 is 11.7. The van der Waals surface area contributed by atoms with E-state index in [0.29, 0.717) is 55.3 Å². The quantitative estimate of drug-likeness (QED) is 0.215. The molecule has 2 aromatic heterocycles. The van der Waals surface area contributed by atoms with Crippen molar-refractivity contribution in [2.45, 2.75) is 65.2 Å². The molecule has 0 spiro atoms. The molecule has 58 heavy (non-hydrogen) atoms. The SMILES string of the molecule is CCOC(=O)N1CCC(=C2c3ccc(Cl)cc3CCc3c2[nH]cc(Br)c3=O)CC1.CCOC(=O)N1CCC(=C2c3ccc(Cl)cc3CCc3c2ncc(Br)c3Cl)CC1. The van der Waals surface area contributed by atoms with Crippen molar-refractivity contribution < 1.29 is 19.1 Å². The highest BCUT2D eigenvalue weighted by molar-refractivity contribution is 9.10. The van der Waals surface area contributed by atoms with Gasteiger partial charge in [-0.1, -0.05) is 58.1 Å². The Labute approximate surface area is 370 Å². The Morgan fingerprint density at radius 3 is 1.74 bits per heavy atom. The number of aromatic amines is 1. The van der Waals surface area contributed by atoms with Crippen LogP contribution in [0.5, 0.6) is 0 Å². The number of rotatable bonds is 2. The first-order valence-electron chi connectivity index (χ1n) is 19.6. The number of likely N-dealkylation sites (tertiary alicyclic amines) is 2. The molecular formula is C44H43Br2Cl3N4O5. The number of piperidine rings is 2. The average molecular weight is 974 g/mol. The van der Waals surface area contributed by atoms with Crippen LogP contribution in [0, 0.1) is 0 Å². The van der Waals surface area contributed by atoms with Crippen LogP contribution >= 0.6 is 66.7 Å². The lowest BCUT2D eigenvalue weighted by molar-refractivity contribution is 0.103. The molecule has 0 saturated carbocycles. The molecule has 4 heterocycles. The predicted molar refractivity (Wildman–Crippen MR) is 237 cm³/mol. The van der Waals surface area contributed by atoms with Crippen molar-refractivity contribution in [1.82, 2.24) is 19.8 Å². The number of ether oxygens (including phenoxy) is 2. The van der Waals surface area contributed by atoms with E-state index in [2.05, 4.69) is 42.9 Å². The maximum absolute atomic E-state index is 12.8. The van der Waals surface area contributed by atoms with E-state index in [1.807, 2.05) is 44.2 Å². The van der Waals surface area contributed by atoms with Gasteiger partial charge in [0.05, 0.1) is 38.6 Å². The van der Waals surface area contributed by atoms with Crippen molar-refractivity contribution in [3.63, 3.8) is 0 Å². The Kier molecular flexibility index (Phi) is 13.7. The van der Waals surface area contributed by atoms with E-state index < -0.39 is 0 Å². The average Bonchev–Trinajstić information content (AvgIpc) is 3.49. The van der Waals surface area contributed by atoms with Gasteiger partial charge in [-0.05, 0) is 149 Å². The van der Waals surface area contributed by atoms with Crippen LogP contribution in [0.1, 0.15) is 84.3 Å². The topological polar surface area (TPSA) is 105 Å². The fraction of sp³-hybridized carbons (Fsp3) is 0.364. The zero-order valence-corrected chi connectivity index (χ0v) is 37.7. The Balaban J connectivity index is 0.000000177. The summed E-state index contributed by atoms with van der Waals surface area (Å²) in [7, 11) is 0. The van der Waals surface area contributed by atoms with Gasteiger partial charge in [-0.25, -0.2) is 9.59 Å². The monoisotopic (exact) mass is 970 g/mol. The number of aryl methyl sites for hydroxylation is 2. The Bertz CT molecular complexity index is 2380. The van der Waals surface area contributed by atoms with Gasteiger partial charge >= 0.3 is 12.2 Å². The third-order valence-corrected chi connectivity index (χ3v) is 13.5. The number of carbonyl (C=O) groups is 2. The number of amides is 2. The number of hydrogen-bond acceptors (Lipinski definition) is 6. The Morgan fingerprint density at radius 1 is 0.707 bits per heavy atom. The molecule has 2 aromatic carbocycles. The fourth-order valence-corrected chi connectivity index (χ4v) is 9.65. The second kappa shape index (κ2) is 18.8. The number of aromatic nitrogens is 2. The molecule has 0 radical (unpaired) electrons. The van der Waals surface area contributed by atoms with E-state index in [9.17, 15) is 14.4 Å². The number of H-pyrrole nitrogens is 1. The van der Waals surface area contributed by atoms with Crippen LogP contribution in [0.2, 0.25) is 15.1 Å². The Hall–Kier alpha value is -3.61. The number of fused-ring (bicyclic) bond motifs is 4. The van der Waals surface area contributed by atoms with Gasteiger partial charge in [-0.2, -0.15) is 0 Å². The molecule has 2 aliphatic carbocycles. The van der Waals surface area contributed by atoms with Gasteiger partial charge in [-0.3, -0.25) is 9.78 Å². The number of pyridine rings is 2. The minimum atomic E-state index is -0.262. The van der Waals surface area contributed by atoms with E-state index in [0.717, 1.165) is 104 Å². The predicted octanol–water partition coefficient (Wildman–Crippen LogP) is 11.2. The molecule has 0 atom stereocenters. The molecule has 9 nitrogen and oxygen atoms in total. The third-order valence-electron chi connectivity index (χ3n) is 11.1. The van der Waals surface area contributed by atoms with Crippen molar-refractivity contribution >= 4 is 90.0 Å². The summed E-state index contributed by atoms with van der Waals surface area (Å²) in [6.45, 7) is 6.90. The standard InChI is InChI=1S/C22H21BrCl2N2O2.C22H22BrClN2O3/c1-2-29-22(28)27-9-7-13(8-10-27)19-16-6-4-15(24)11-14(16)3-5-17-20(25)18(23)12-26-21(17)19;1-2-29-22(28)26-9-7-13(8-10-26)19-16-6-4-15(24)11-14(16)3-5-17-20(19)25-12-18(23)21(17)27/h4,6,11-12H,2-3,5,7-10H2,1H3;4,6,11-12H,2-3,5,7-10H2,1H3,(H,25,27). The first kappa shape index (κ1) is 42.5. The summed E-state index contributed by atoms with van der Waals surface area (Å²) in [5, 5.41) is 2.15. The normalized spacial score (nSPS) is 16.2. The lowest BCUT2D eigenvalue weighted by atomic mass is 9.88. The summed E-state index contributed by atoms with van der Waals surface area (Å²) in [5.74, 6) is 0. The van der Waals surface area contributed by atoms with Crippen LogP contribution in [0.15, 0.2) is 73.7 Å². The minimum Gasteiger partial charge on any atom is -0.450 e. The number of nitrogens with zero attached hydrogens (tertiary/aromatic N) is 3. The number of benzene rings is 2. The number of hydrogen-bond donors (Lipinski definition) is 1. The molecule has 1 N–H and O–H groups in total. The molecule has 0 bridgehead atoms. The van der Waals surface area contributed by atoms with E-state index in [1.54, 1.807) is 22.2 Å². The van der Waals surface area contributed by atoms with Crippen LogP contribution in [0.4, 0.5) is 9.59 Å². The summed E-state index contributed by atoms with van der Waals surface area (Å²) in [6.07, 6.45) is 9.12. The van der Waals surface area contributed by atoms with Gasteiger partial charge in [0.2, 0.25) is 0 Å². The molecule has 2 saturated heterocycles. The van der Waals surface area contributed by atoms with Crippen LogP contribution in [0.3, 0.4) is 0 Å². The van der Waals surface area contributed by atoms with Crippen molar-refractivity contribution in [3.05, 3.63) is 139 Å². The smallest absolute Gasteiger partial charge is 0.409 e. The lowest BCUT2D eigenvalue weighted by Crippen LogP contribution is -2.37. The van der Waals surface area contributed by atoms with Crippen LogP contribution < -0.4 is 5.43 Å². The van der Waals surface area contributed by atoms with E-state index in [1.165, 1.54) is 22.3 Å². The number of halogens is 5. The molecule has 2 amide bonds. The van der Waals surface area contributed by atoms with Crippen molar-refractivity contribution in [2.75, 3.05) is 39.4 Å². The molecule has 4 aromatic rings. The molecule has 4 aliphatic rings. The molecule has 2 fully saturated rings. The van der Waals surface area contributed by atoms with E-state index >= 15 is 0 Å².